The SMILES string of the molecule is CC.O=CC1=CC=C(COP)C1. The highest BCUT2D eigenvalue weighted by Crippen LogP contribution is 2.17. The average Bonchev–Trinajstić information content (AvgIpc) is 2.57. The van der Waals surface area contributed by atoms with Crippen molar-refractivity contribution in [2.24, 2.45) is 0 Å². The minimum atomic E-state index is 0.596. The van der Waals surface area contributed by atoms with Gasteiger partial charge in [0.1, 0.15) is 6.29 Å². The van der Waals surface area contributed by atoms with Gasteiger partial charge in [0.25, 0.3) is 0 Å². The first kappa shape index (κ1) is 11.5. The minimum absolute atomic E-state index is 0.596. The van der Waals surface area contributed by atoms with Crippen molar-refractivity contribution >= 4 is 15.8 Å². The summed E-state index contributed by atoms with van der Waals surface area (Å²) in [6, 6.07) is 0. The Morgan fingerprint density at radius 3 is 2.67 bits per heavy atom. The van der Waals surface area contributed by atoms with E-state index in [0.29, 0.717) is 6.61 Å². The topological polar surface area (TPSA) is 26.3 Å². The zero-order valence-electron chi connectivity index (χ0n) is 7.54. The quantitative estimate of drug-likeness (QED) is 0.499. The molecule has 0 saturated heterocycles. The number of rotatable bonds is 3. The lowest BCUT2D eigenvalue weighted by atomic mass is 10.2. The zero-order valence-corrected chi connectivity index (χ0v) is 8.69. The van der Waals surface area contributed by atoms with Crippen LogP contribution in [0.15, 0.2) is 23.3 Å². The Kier molecular flexibility index (Phi) is 6.93. The van der Waals surface area contributed by atoms with Crippen LogP contribution in [0.2, 0.25) is 0 Å². The lowest BCUT2D eigenvalue weighted by Crippen LogP contribution is -1.89. The Bertz CT molecular complexity index is 195. The number of hydrogen-bond acceptors (Lipinski definition) is 2. The highest BCUT2D eigenvalue weighted by molar-refractivity contribution is 7.09. The van der Waals surface area contributed by atoms with Crippen LogP contribution < -0.4 is 0 Å². The van der Waals surface area contributed by atoms with Gasteiger partial charge in [-0.2, -0.15) is 0 Å². The molecular weight excluding hydrogens is 171 g/mol. The van der Waals surface area contributed by atoms with Gasteiger partial charge in [-0.3, -0.25) is 4.79 Å². The number of aldehydes is 1. The lowest BCUT2D eigenvalue weighted by Gasteiger charge is -1.97. The number of allylic oxidation sites excluding steroid dienone is 3. The van der Waals surface area contributed by atoms with Gasteiger partial charge in [0, 0.05) is 9.47 Å². The summed E-state index contributed by atoms with van der Waals surface area (Å²) in [6.07, 6.45) is 5.38. The first-order valence-electron chi connectivity index (χ1n) is 4.02. The van der Waals surface area contributed by atoms with Gasteiger partial charge in [-0.1, -0.05) is 26.0 Å². The van der Waals surface area contributed by atoms with E-state index in [-0.39, 0.29) is 0 Å². The van der Waals surface area contributed by atoms with Gasteiger partial charge in [0.2, 0.25) is 0 Å². The van der Waals surface area contributed by atoms with Crippen molar-refractivity contribution in [1.29, 1.82) is 0 Å². The molecule has 0 aliphatic heterocycles. The summed E-state index contributed by atoms with van der Waals surface area (Å²) in [7, 11) is 2.18. The molecule has 1 aliphatic carbocycles. The van der Waals surface area contributed by atoms with E-state index in [9.17, 15) is 4.79 Å². The smallest absolute Gasteiger partial charge is 0.146 e. The van der Waals surface area contributed by atoms with Gasteiger partial charge in [-0.05, 0) is 17.6 Å². The Morgan fingerprint density at radius 1 is 1.58 bits per heavy atom. The standard InChI is InChI=1S/C7H9O2P.C2H6/c8-4-6-1-2-7(3-6)5-9-10;1-2/h1-2,4H,3,5,10H2;1-2H3. The van der Waals surface area contributed by atoms with Crippen LogP contribution in [0.3, 0.4) is 0 Å². The van der Waals surface area contributed by atoms with Crippen molar-refractivity contribution in [3.8, 4) is 0 Å². The van der Waals surface area contributed by atoms with Crippen LogP contribution in [0.5, 0.6) is 0 Å². The fourth-order valence-electron chi connectivity index (χ4n) is 0.892. The van der Waals surface area contributed by atoms with Crippen LogP contribution in [0.25, 0.3) is 0 Å². The second-order valence-electron chi connectivity index (χ2n) is 2.17. The lowest BCUT2D eigenvalue weighted by molar-refractivity contribution is -0.104. The van der Waals surface area contributed by atoms with E-state index in [1.807, 2.05) is 26.0 Å². The van der Waals surface area contributed by atoms with Crippen molar-refractivity contribution < 1.29 is 9.32 Å². The molecule has 2 nitrogen and oxygen atoms in total. The van der Waals surface area contributed by atoms with Crippen molar-refractivity contribution in [3.05, 3.63) is 23.3 Å². The third-order valence-electron chi connectivity index (χ3n) is 1.38. The maximum atomic E-state index is 10.2. The minimum Gasteiger partial charge on any atom is -0.361 e. The highest BCUT2D eigenvalue weighted by Gasteiger charge is 2.05. The van der Waals surface area contributed by atoms with Crippen molar-refractivity contribution in [1.82, 2.24) is 0 Å². The van der Waals surface area contributed by atoms with E-state index in [1.165, 1.54) is 0 Å². The normalized spacial score (nSPS) is 14.2. The Morgan fingerprint density at radius 2 is 2.25 bits per heavy atom. The van der Waals surface area contributed by atoms with Crippen molar-refractivity contribution in [3.63, 3.8) is 0 Å². The van der Waals surface area contributed by atoms with E-state index in [0.717, 1.165) is 23.9 Å². The second-order valence-corrected chi connectivity index (χ2v) is 2.51. The summed E-state index contributed by atoms with van der Waals surface area (Å²) in [5, 5.41) is 0. The third-order valence-corrected chi connectivity index (χ3v) is 1.55. The molecule has 0 aromatic heterocycles. The van der Waals surface area contributed by atoms with Gasteiger partial charge in [-0.15, -0.1) is 0 Å². The van der Waals surface area contributed by atoms with Gasteiger partial charge in [-0.25, -0.2) is 0 Å². The molecule has 0 N–H and O–H groups in total. The predicted octanol–water partition coefficient (Wildman–Crippen LogP) is 2.27. The zero-order chi connectivity index (χ0) is 9.40. The van der Waals surface area contributed by atoms with Gasteiger partial charge in [0.15, 0.2) is 0 Å². The molecule has 1 unspecified atom stereocenters. The Labute approximate surface area is 76.0 Å². The van der Waals surface area contributed by atoms with E-state index in [2.05, 4.69) is 9.47 Å². The highest BCUT2D eigenvalue weighted by atomic mass is 31.0. The molecule has 12 heavy (non-hydrogen) atoms. The molecule has 68 valence electrons. The summed E-state index contributed by atoms with van der Waals surface area (Å²) in [4.78, 5) is 10.2. The molecule has 0 aromatic rings. The molecule has 1 rings (SSSR count). The number of hydrogen-bond donors (Lipinski definition) is 0. The fraction of sp³-hybridized carbons (Fsp3) is 0.444. The maximum Gasteiger partial charge on any atom is 0.146 e. The van der Waals surface area contributed by atoms with Crippen LogP contribution in [-0.2, 0) is 9.32 Å². The van der Waals surface area contributed by atoms with E-state index < -0.39 is 0 Å². The van der Waals surface area contributed by atoms with Gasteiger partial charge in [0.05, 0.1) is 6.61 Å². The van der Waals surface area contributed by atoms with Crippen LogP contribution in [0, 0.1) is 0 Å². The van der Waals surface area contributed by atoms with E-state index in [1.54, 1.807) is 0 Å². The fourth-order valence-corrected chi connectivity index (χ4v) is 1.11. The van der Waals surface area contributed by atoms with Crippen LogP contribution in [-0.4, -0.2) is 12.9 Å². The third kappa shape index (κ3) is 3.80. The van der Waals surface area contributed by atoms with Gasteiger partial charge < -0.3 is 4.52 Å². The summed E-state index contributed by atoms with van der Waals surface area (Å²) in [5.74, 6) is 0. The molecule has 1 aliphatic rings. The Hall–Kier alpha value is -0.460. The molecule has 0 bridgehead atoms. The largest absolute Gasteiger partial charge is 0.361 e. The first-order chi connectivity index (χ1) is 5.86. The summed E-state index contributed by atoms with van der Waals surface area (Å²) in [6.45, 7) is 4.60. The van der Waals surface area contributed by atoms with E-state index >= 15 is 0 Å². The summed E-state index contributed by atoms with van der Waals surface area (Å²) < 4.78 is 4.82. The molecule has 1 atom stereocenters. The maximum absolute atomic E-state index is 10.2. The molecule has 0 saturated carbocycles. The molecule has 0 spiro atoms. The molecule has 3 heteroatoms. The molecule has 0 amide bonds. The summed E-state index contributed by atoms with van der Waals surface area (Å²) >= 11 is 0. The van der Waals surface area contributed by atoms with Crippen molar-refractivity contribution in [2.75, 3.05) is 6.61 Å². The molecule has 0 aromatic carbocycles. The van der Waals surface area contributed by atoms with Crippen LogP contribution >= 0.6 is 9.47 Å². The van der Waals surface area contributed by atoms with Gasteiger partial charge >= 0.3 is 0 Å². The van der Waals surface area contributed by atoms with Crippen LogP contribution in [0.4, 0.5) is 0 Å². The second kappa shape index (κ2) is 7.20. The molecule has 0 fully saturated rings. The average molecular weight is 186 g/mol. The van der Waals surface area contributed by atoms with Crippen LogP contribution in [0.1, 0.15) is 20.3 Å². The molecule has 0 radical (unpaired) electrons. The first-order valence-corrected chi connectivity index (χ1v) is 4.49. The monoisotopic (exact) mass is 186 g/mol. The predicted molar refractivity (Wildman–Crippen MR) is 53.9 cm³/mol. The van der Waals surface area contributed by atoms with Crippen molar-refractivity contribution in [2.45, 2.75) is 20.3 Å². The summed E-state index contributed by atoms with van der Waals surface area (Å²) in [5.41, 5.74) is 1.98. The number of carbonyl (C=O) groups is 1. The molecule has 0 heterocycles. The molecular formula is C9H15O2P. The number of carbonyl (C=O) groups excluding carboxylic acids is 1. The Balaban J connectivity index is 0.000000561. The van der Waals surface area contributed by atoms with E-state index in [4.69, 9.17) is 4.52 Å².